The number of hydrogen-bond acceptors (Lipinski definition) is 5. The predicted octanol–water partition coefficient (Wildman–Crippen LogP) is 4.04. The van der Waals surface area contributed by atoms with Gasteiger partial charge >= 0.3 is 0 Å². The number of fused-ring (bicyclic) bond motifs is 1. The first-order valence-electron chi connectivity index (χ1n) is 11.3. The Hall–Kier alpha value is -3.45. The summed E-state index contributed by atoms with van der Waals surface area (Å²) in [6.07, 6.45) is 1.67. The van der Waals surface area contributed by atoms with Crippen LogP contribution in [0.25, 0.3) is 11.0 Å². The van der Waals surface area contributed by atoms with Crippen molar-refractivity contribution >= 4 is 34.1 Å². The molecular weight excluding hydrogens is 432 g/mol. The van der Waals surface area contributed by atoms with Crippen LogP contribution in [0.1, 0.15) is 23.3 Å². The molecule has 2 aromatic carbocycles. The summed E-state index contributed by atoms with van der Waals surface area (Å²) < 4.78 is 1.80. The van der Waals surface area contributed by atoms with Crippen LogP contribution in [0.2, 0.25) is 0 Å². The molecule has 4 aromatic rings. The summed E-state index contributed by atoms with van der Waals surface area (Å²) in [5, 5.41) is 5.07. The van der Waals surface area contributed by atoms with Crippen LogP contribution >= 0.6 is 11.3 Å². The van der Waals surface area contributed by atoms with E-state index in [4.69, 9.17) is 4.98 Å². The molecule has 1 N–H and O–H groups in total. The van der Waals surface area contributed by atoms with Crippen molar-refractivity contribution in [3.05, 3.63) is 92.9 Å². The maximum atomic E-state index is 13.6. The van der Waals surface area contributed by atoms with Crippen molar-refractivity contribution in [2.45, 2.75) is 25.9 Å². The third kappa shape index (κ3) is 4.68. The highest BCUT2D eigenvalue weighted by Gasteiger charge is 2.28. The van der Waals surface area contributed by atoms with Crippen LogP contribution in [0.4, 0.5) is 5.82 Å². The molecule has 0 spiro atoms. The standard InChI is InChI=1S/C26H26N4O2S/c31-25(27-16-21-11-7-15-33-21)20-10-6-14-29(18-20)24-26(32)30(17-19-8-2-1-3-9-19)23-13-5-4-12-22(23)28-24/h1-5,7-9,11-13,15,20H,6,10,14,16-18H2,(H,27,31)/t20-/m0/s1. The first-order valence-corrected chi connectivity index (χ1v) is 12.2. The molecule has 0 bridgehead atoms. The normalized spacial score (nSPS) is 16.1. The Labute approximate surface area is 196 Å². The largest absolute Gasteiger partial charge is 0.351 e. The van der Waals surface area contributed by atoms with Gasteiger partial charge in [-0.05, 0) is 42.0 Å². The number of anilines is 1. The fourth-order valence-electron chi connectivity index (χ4n) is 4.42. The van der Waals surface area contributed by atoms with Gasteiger partial charge in [0.2, 0.25) is 5.91 Å². The average molecular weight is 459 g/mol. The number of carbonyl (C=O) groups is 1. The Kier molecular flexibility index (Phi) is 6.21. The molecule has 0 radical (unpaired) electrons. The van der Waals surface area contributed by atoms with Gasteiger partial charge in [0.05, 0.1) is 30.0 Å². The van der Waals surface area contributed by atoms with Crippen molar-refractivity contribution < 1.29 is 4.79 Å². The van der Waals surface area contributed by atoms with Gasteiger partial charge in [0.1, 0.15) is 0 Å². The van der Waals surface area contributed by atoms with Gasteiger partial charge in [-0.25, -0.2) is 4.98 Å². The van der Waals surface area contributed by atoms with Crippen molar-refractivity contribution in [3.63, 3.8) is 0 Å². The molecule has 1 saturated heterocycles. The third-order valence-electron chi connectivity index (χ3n) is 6.13. The fourth-order valence-corrected chi connectivity index (χ4v) is 5.07. The van der Waals surface area contributed by atoms with E-state index in [1.165, 1.54) is 0 Å². The Morgan fingerprint density at radius 2 is 1.88 bits per heavy atom. The molecule has 5 rings (SSSR count). The minimum atomic E-state index is -0.158. The number of para-hydroxylation sites is 2. The van der Waals surface area contributed by atoms with E-state index in [9.17, 15) is 9.59 Å². The van der Waals surface area contributed by atoms with E-state index in [0.717, 1.165) is 40.9 Å². The molecule has 0 aliphatic carbocycles. The number of nitrogens with zero attached hydrogens (tertiary/aromatic N) is 3. The van der Waals surface area contributed by atoms with Crippen molar-refractivity contribution in [2.24, 2.45) is 5.92 Å². The van der Waals surface area contributed by atoms with Crippen LogP contribution in [0, 0.1) is 5.92 Å². The lowest BCUT2D eigenvalue weighted by Crippen LogP contribution is -2.45. The van der Waals surface area contributed by atoms with Crippen LogP contribution in [0.5, 0.6) is 0 Å². The van der Waals surface area contributed by atoms with Gasteiger partial charge in [0.25, 0.3) is 5.56 Å². The van der Waals surface area contributed by atoms with Gasteiger partial charge in [-0.1, -0.05) is 48.5 Å². The van der Waals surface area contributed by atoms with Crippen molar-refractivity contribution in [1.29, 1.82) is 0 Å². The third-order valence-corrected chi connectivity index (χ3v) is 7.00. The SMILES string of the molecule is O=C(NCc1cccs1)[C@H]1CCCN(c2nc3ccccc3n(Cc3ccccc3)c2=O)C1. The summed E-state index contributed by atoms with van der Waals surface area (Å²) in [4.78, 5) is 34.3. The Balaban J connectivity index is 1.42. The van der Waals surface area contributed by atoms with Crippen LogP contribution in [-0.2, 0) is 17.9 Å². The molecule has 3 heterocycles. The van der Waals surface area contributed by atoms with Gasteiger partial charge in [-0.3, -0.25) is 14.2 Å². The molecule has 0 saturated carbocycles. The molecule has 168 valence electrons. The number of aromatic nitrogens is 2. The van der Waals surface area contributed by atoms with Gasteiger partial charge in [0.15, 0.2) is 5.82 Å². The first kappa shape index (κ1) is 21.4. The molecule has 1 atom stereocenters. The second kappa shape index (κ2) is 9.58. The number of nitrogens with one attached hydrogen (secondary N) is 1. The van der Waals surface area contributed by atoms with E-state index in [1.807, 2.05) is 77.0 Å². The fraction of sp³-hybridized carbons (Fsp3) is 0.269. The summed E-state index contributed by atoms with van der Waals surface area (Å²) in [6.45, 7) is 2.25. The number of piperidine rings is 1. The highest BCUT2D eigenvalue weighted by molar-refractivity contribution is 7.09. The number of benzene rings is 2. The molecule has 7 heteroatoms. The number of amides is 1. The van der Waals surface area contributed by atoms with Crippen molar-refractivity contribution in [2.75, 3.05) is 18.0 Å². The average Bonchev–Trinajstić information content (AvgIpc) is 3.38. The van der Waals surface area contributed by atoms with E-state index < -0.39 is 0 Å². The zero-order chi connectivity index (χ0) is 22.6. The van der Waals surface area contributed by atoms with E-state index in [2.05, 4.69) is 5.32 Å². The highest BCUT2D eigenvalue weighted by atomic mass is 32.1. The summed E-state index contributed by atoms with van der Waals surface area (Å²) in [5.74, 6) is 0.313. The topological polar surface area (TPSA) is 67.2 Å². The van der Waals surface area contributed by atoms with Gasteiger partial charge < -0.3 is 10.2 Å². The molecule has 33 heavy (non-hydrogen) atoms. The molecule has 6 nitrogen and oxygen atoms in total. The summed E-state index contributed by atoms with van der Waals surface area (Å²) >= 11 is 1.64. The van der Waals surface area contributed by atoms with Crippen molar-refractivity contribution in [3.8, 4) is 0 Å². The van der Waals surface area contributed by atoms with E-state index in [1.54, 1.807) is 15.9 Å². The maximum Gasteiger partial charge on any atom is 0.294 e. The minimum absolute atomic E-state index is 0.0403. The number of rotatable bonds is 6. The van der Waals surface area contributed by atoms with Crippen LogP contribution in [-0.4, -0.2) is 28.5 Å². The predicted molar refractivity (Wildman–Crippen MR) is 133 cm³/mol. The summed E-state index contributed by atoms with van der Waals surface area (Å²) in [5.41, 5.74) is 2.55. The lowest BCUT2D eigenvalue weighted by molar-refractivity contribution is -0.125. The smallest absolute Gasteiger partial charge is 0.294 e. The van der Waals surface area contributed by atoms with Crippen LogP contribution in [0.15, 0.2) is 76.9 Å². The molecule has 1 fully saturated rings. The molecule has 1 aliphatic rings. The summed E-state index contributed by atoms with van der Waals surface area (Å²) in [7, 11) is 0. The minimum Gasteiger partial charge on any atom is -0.351 e. The number of thiophene rings is 1. The maximum absolute atomic E-state index is 13.6. The first-order chi connectivity index (χ1) is 16.2. The van der Waals surface area contributed by atoms with E-state index in [-0.39, 0.29) is 17.4 Å². The van der Waals surface area contributed by atoms with E-state index in [0.29, 0.717) is 25.5 Å². The van der Waals surface area contributed by atoms with Crippen LogP contribution in [0.3, 0.4) is 0 Å². The second-order valence-corrected chi connectivity index (χ2v) is 9.42. The number of hydrogen-bond donors (Lipinski definition) is 1. The molecule has 2 aromatic heterocycles. The lowest BCUT2D eigenvalue weighted by atomic mass is 9.97. The van der Waals surface area contributed by atoms with Crippen LogP contribution < -0.4 is 15.8 Å². The lowest BCUT2D eigenvalue weighted by Gasteiger charge is -2.32. The molecule has 0 unspecified atom stereocenters. The van der Waals surface area contributed by atoms with Gasteiger partial charge in [-0.15, -0.1) is 11.3 Å². The summed E-state index contributed by atoms with van der Waals surface area (Å²) in [6, 6.07) is 21.7. The van der Waals surface area contributed by atoms with E-state index >= 15 is 0 Å². The molecule has 1 amide bonds. The Morgan fingerprint density at radius 3 is 2.70 bits per heavy atom. The quantitative estimate of drug-likeness (QED) is 0.474. The zero-order valence-electron chi connectivity index (χ0n) is 18.3. The van der Waals surface area contributed by atoms with Crippen molar-refractivity contribution in [1.82, 2.24) is 14.9 Å². The second-order valence-electron chi connectivity index (χ2n) is 8.38. The molecular formula is C26H26N4O2S. The Morgan fingerprint density at radius 1 is 1.06 bits per heavy atom. The Bertz CT molecular complexity index is 1300. The number of carbonyl (C=O) groups excluding carboxylic acids is 1. The zero-order valence-corrected chi connectivity index (χ0v) is 19.1. The van der Waals surface area contributed by atoms with Gasteiger partial charge in [0, 0.05) is 18.0 Å². The monoisotopic (exact) mass is 458 g/mol. The van der Waals surface area contributed by atoms with Gasteiger partial charge in [-0.2, -0.15) is 0 Å². The molecule has 1 aliphatic heterocycles. The highest BCUT2D eigenvalue weighted by Crippen LogP contribution is 2.22.